The number of hydrogen-bond donors (Lipinski definition) is 5. The number of nitrogens with zero attached hydrogens (tertiary/aromatic N) is 2. The Bertz CT molecular complexity index is 2620. The summed E-state index contributed by atoms with van der Waals surface area (Å²) in [6.45, 7) is 14.1. The number of phenols is 1. The van der Waals surface area contributed by atoms with Crippen LogP contribution < -0.4 is 21.3 Å². The van der Waals surface area contributed by atoms with Gasteiger partial charge in [-0.05, 0) is 57.7 Å². The highest BCUT2D eigenvalue weighted by atomic mass is 32.2. The molecule has 17 nitrogen and oxygen atoms in total. The normalized spacial score (nSPS) is 13.4. The Balaban J connectivity index is 1.86. The van der Waals surface area contributed by atoms with E-state index in [1.165, 1.54) is 38.4 Å². The summed E-state index contributed by atoms with van der Waals surface area (Å²) in [6, 6.07) is 5.02. The van der Waals surface area contributed by atoms with Gasteiger partial charge in [0.1, 0.15) is 17.8 Å². The Morgan fingerprint density at radius 2 is 0.951 bits per heavy atom. The van der Waals surface area contributed by atoms with E-state index in [4.69, 9.17) is 0 Å². The zero-order valence-corrected chi connectivity index (χ0v) is 37.8. The minimum atomic E-state index is -4.78. The lowest BCUT2D eigenvalue weighted by molar-refractivity contribution is -0.125. The fourth-order valence-corrected chi connectivity index (χ4v) is 11.2. The summed E-state index contributed by atoms with van der Waals surface area (Å²) in [7, 11) is -11.2. The third-order valence-electron chi connectivity index (χ3n) is 10.4. The molecule has 0 bridgehead atoms. The third-order valence-corrected chi connectivity index (χ3v) is 15.3. The van der Waals surface area contributed by atoms with Crippen LogP contribution in [0.2, 0.25) is 0 Å². The minimum absolute atomic E-state index is 0.00678. The average molecular weight is 903 g/mol. The molecule has 0 spiro atoms. The van der Waals surface area contributed by atoms with Gasteiger partial charge in [0.2, 0.25) is 43.7 Å². The summed E-state index contributed by atoms with van der Waals surface area (Å²) in [5.74, 6) is -2.44. The van der Waals surface area contributed by atoms with Crippen molar-refractivity contribution >= 4 is 85.8 Å². The van der Waals surface area contributed by atoms with E-state index in [1.54, 1.807) is 27.7 Å². The molecule has 0 aliphatic heterocycles. The molecule has 4 aromatic carbocycles. The van der Waals surface area contributed by atoms with Crippen molar-refractivity contribution in [2.24, 2.45) is 0 Å². The smallest absolute Gasteiger partial charge is 0.246 e. The minimum Gasteiger partial charge on any atom is -0.507 e. The van der Waals surface area contributed by atoms with Crippen LogP contribution in [0.3, 0.4) is 0 Å². The fourth-order valence-electron chi connectivity index (χ4n) is 7.01. The Morgan fingerprint density at radius 1 is 0.607 bits per heavy atom. The standard InChI is InChI=1S/C41H54N6O11S3/c1-10-30(40(51)44-20-12-18-42-38(49)24(3)4)46(7)60(55,56)34-23-35(61(57,58)47(8)31(11-2)41(52)45-21-13-19-43-39(50)25(5)6)29-17-16-27-33(59(9,53)54)22-32(48)26-14-15-28(34)37(29)36(26)27/h14-17,22-23,30-31,48H,3,5,10-13,18-21H2,1-2,4,6-9H3,(H,42,49)(H,43,50)(H,44,51)(H,45,52). The number of carbonyl (C=O) groups is 4. The SMILES string of the molecule is C=C(C)C(=O)NCCCNC(=O)C(CC)N(C)S(=O)(=O)c1cc(S(=O)(=O)N(C)C(CC)C(=O)NCCCNC(=O)C(=C)C)c2ccc3c(S(C)(=O)=O)cc(O)c4ccc1c2c43. The van der Waals surface area contributed by atoms with Gasteiger partial charge in [0.05, 0.1) is 14.7 Å². The molecule has 0 aromatic heterocycles. The van der Waals surface area contributed by atoms with Gasteiger partial charge in [0.15, 0.2) is 9.84 Å². The van der Waals surface area contributed by atoms with Gasteiger partial charge < -0.3 is 26.4 Å². The van der Waals surface area contributed by atoms with Crippen LogP contribution >= 0.6 is 0 Å². The van der Waals surface area contributed by atoms with Gasteiger partial charge in [0, 0.05) is 90.0 Å². The molecule has 0 aliphatic rings. The van der Waals surface area contributed by atoms with Gasteiger partial charge in [-0.15, -0.1) is 0 Å². The van der Waals surface area contributed by atoms with E-state index in [1.807, 2.05) is 0 Å². The van der Waals surface area contributed by atoms with Crippen LogP contribution in [0.4, 0.5) is 0 Å². The number of nitrogens with one attached hydrogen (secondary N) is 4. The molecule has 2 unspecified atom stereocenters. The van der Waals surface area contributed by atoms with Crippen molar-refractivity contribution in [2.75, 3.05) is 46.5 Å². The molecule has 4 rings (SSSR count). The molecule has 0 fully saturated rings. The van der Waals surface area contributed by atoms with Gasteiger partial charge in [0.25, 0.3) is 0 Å². The van der Waals surface area contributed by atoms with E-state index in [2.05, 4.69) is 34.4 Å². The molecule has 2 atom stereocenters. The molecule has 0 heterocycles. The van der Waals surface area contributed by atoms with Gasteiger partial charge in [-0.25, -0.2) is 25.3 Å². The molecule has 0 saturated heterocycles. The Kier molecular flexibility index (Phi) is 15.3. The number of rotatable bonds is 21. The van der Waals surface area contributed by atoms with Crippen molar-refractivity contribution in [1.29, 1.82) is 0 Å². The van der Waals surface area contributed by atoms with E-state index in [0.29, 0.717) is 24.0 Å². The first-order valence-corrected chi connectivity index (χ1v) is 24.3. The van der Waals surface area contributed by atoms with Gasteiger partial charge in [-0.1, -0.05) is 45.2 Å². The van der Waals surface area contributed by atoms with Gasteiger partial charge in [-0.2, -0.15) is 8.61 Å². The summed E-state index contributed by atoms with van der Waals surface area (Å²) in [5.41, 5.74) is 0.628. The summed E-state index contributed by atoms with van der Waals surface area (Å²) in [4.78, 5) is 49.3. The van der Waals surface area contributed by atoms with Crippen LogP contribution in [0.15, 0.2) is 75.4 Å². The van der Waals surface area contributed by atoms with Crippen LogP contribution in [-0.4, -0.2) is 121 Å². The van der Waals surface area contributed by atoms with Crippen molar-refractivity contribution in [3.8, 4) is 5.75 Å². The molecular formula is C41H54N6O11S3. The summed E-state index contributed by atoms with van der Waals surface area (Å²) < 4.78 is 87.0. The topological polar surface area (TPSA) is 246 Å². The van der Waals surface area contributed by atoms with Crippen molar-refractivity contribution in [3.05, 3.63) is 60.7 Å². The van der Waals surface area contributed by atoms with E-state index in [9.17, 15) is 49.5 Å². The number of likely N-dealkylation sites (N-methyl/N-ethyl adjacent to an activating group) is 2. The number of amides is 4. The maximum atomic E-state index is 14.8. The molecule has 332 valence electrons. The Labute approximate surface area is 357 Å². The van der Waals surface area contributed by atoms with E-state index >= 15 is 0 Å². The van der Waals surface area contributed by atoms with Crippen LogP contribution in [0.25, 0.3) is 32.3 Å². The van der Waals surface area contributed by atoms with Crippen LogP contribution in [-0.2, 0) is 49.1 Å². The Hall–Kier alpha value is -5.15. The molecule has 61 heavy (non-hydrogen) atoms. The van der Waals surface area contributed by atoms with Crippen LogP contribution in [0, 0.1) is 0 Å². The highest BCUT2D eigenvalue weighted by molar-refractivity contribution is 7.91. The Morgan fingerprint density at radius 3 is 1.31 bits per heavy atom. The first-order valence-electron chi connectivity index (χ1n) is 19.5. The van der Waals surface area contributed by atoms with Crippen molar-refractivity contribution in [1.82, 2.24) is 29.9 Å². The average Bonchev–Trinajstić information content (AvgIpc) is 3.19. The second-order valence-electron chi connectivity index (χ2n) is 14.9. The summed E-state index contributed by atoms with van der Waals surface area (Å²) in [5, 5.41) is 22.1. The predicted molar refractivity (Wildman–Crippen MR) is 234 cm³/mol. The van der Waals surface area contributed by atoms with Crippen LogP contribution in [0.1, 0.15) is 53.4 Å². The highest BCUT2D eigenvalue weighted by Gasteiger charge is 2.38. The lowest BCUT2D eigenvalue weighted by atomic mass is 9.94. The number of benzene rings is 4. The molecule has 20 heteroatoms. The summed E-state index contributed by atoms with van der Waals surface area (Å²) >= 11 is 0. The first-order chi connectivity index (χ1) is 28.4. The second kappa shape index (κ2) is 19.3. The number of sulfone groups is 1. The van der Waals surface area contributed by atoms with E-state index < -0.39 is 69.3 Å². The second-order valence-corrected chi connectivity index (χ2v) is 20.8. The molecular weight excluding hydrogens is 849 g/mol. The van der Waals surface area contributed by atoms with Crippen molar-refractivity contribution in [2.45, 2.75) is 80.1 Å². The lowest BCUT2D eigenvalue weighted by Gasteiger charge is -2.29. The van der Waals surface area contributed by atoms with Crippen molar-refractivity contribution < 1.29 is 49.5 Å². The predicted octanol–water partition coefficient (Wildman–Crippen LogP) is 2.89. The van der Waals surface area contributed by atoms with Gasteiger partial charge in [-0.3, -0.25) is 19.2 Å². The maximum Gasteiger partial charge on any atom is 0.246 e. The van der Waals surface area contributed by atoms with E-state index in [0.717, 1.165) is 27.0 Å². The highest BCUT2D eigenvalue weighted by Crippen LogP contribution is 2.45. The third kappa shape index (κ3) is 10.2. The quantitative estimate of drug-likeness (QED) is 0.0463. The zero-order chi connectivity index (χ0) is 45.8. The number of phenolic OH excluding ortho intramolecular Hbond substituents is 1. The van der Waals surface area contributed by atoms with Crippen molar-refractivity contribution in [3.63, 3.8) is 0 Å². The molecule has 0 aliphatic carbocycles. The zero-order valence-electron chi connectivity index (χ0n) is 35.3. The van der Waals surface area contributed by atoms with E-state index in [-0.39, 0.29) is 88.0 Å². The maximum absolute atomic E-state index is 14.8. The van der Waals surface area contributed by atoms with Gasteiger partial charge >= 0.3 is 0 Å². The summed E-state index contributed by atoms with van der Waals surface area (Å²) in [6.07, 6.45) is 1.61. The largest absolute Gasteiger partial charge is 0.507 e. The first kappa shape index (κ1) is 48.5. The lowest BCUT2D eigenvalue weighted by Crippen LogP contribution is -2.48. The fraction of sp³-hybridized carbons (Fsp3) is 0.415. The van der Waals surface area contributed by atoms with Crippen LogP contribution in [0.5, 0.6) is 5.75 Å². The molecule has 0 radical (unpaired) electrons. The molecule has 4 aromatic rings. The number of carbonyl (C=O) groups excluding carboxylic acids is 4. The number of sulfonamides is 2. The number of hydrogen-bond acceptors (Lipinski definition) is 11. The molecule has 0 saturated carbocycles. The number of aromatic hydroxyl groups is 1. The molecule has 5 N–H and O–H groups in total. The monoisotopic (exact) mass is 902 g/mol. The molecule has 4 amide bonds.